The molecule has 1 heterocycles. The Labute approximate surface area is 69.6 Å². The molecule has 12 heavy (non-hydrogen) atoms. The number of carbonyl (C=O) groups is 1. The molecule has 0 bridgehead atoms. The van der Waals surface area contributed by atoms with Crippen molar-refractivity contribution in [3.8, 4) is 0 Å². The predicted molar refractivity (Wildman–Crippen MR) is 41.7 cm³/mol. The second-order valence-electron chi connectivity index (χ2n) is 2.73. The molecule has 0 amide bonds. The van der Waals surface area contributed by atoms with Crippen LogP contribution in [-0.4, -0.2) is 17.2 Å². The van der Waals surface area contributed by atoms with Crippen LogP contribution in [0.5, 0.6) is 0 Å². The zero-order chi connectivity index (χ0) is 8.55. The highest BCUT2D eigenvalue weighted by molar-refractivity contribution is 5.76. The standard InChI is InChI=1S/C9H8O3/c10-9(11)8-7(12-8)6-4-2-1-3-5-6/h1-5,7-8H,(H,10,11)/t7-,8?/m0/s1. The van der Waals surface area contributed by atoms with Crippen molar-refractivity contribution < 1.29 is 14.6 Å². The number of ether oxygens (including phenoxy) is 1. The number of carboxylic acids is 1. The molecule has 1 aromatic carbocycles. The first-order valence-corrected chi connectivity index (χ1v) is 3.72. The van der Waals surface area contributed by atoms with Crippen molar-refractivity contribution in [2.45, 2.75) is 12.2 Å². The fourth-order valence-corrected chi connectivity index (χ4v) is 1.20. The van der Waals surface area contributed by atoms with Gasteiger partial charge in [-0.2, -0.15) is 0 Å². The maximum atomic E-state index is 10.4. The fraction of sp³-hybridized carbons (Fsp3) is 0.222. The zero-order valence-corrected chi connectivity index (χ0v) is 6.31. The summed E-state index contributed by atoms with van der Waals surface area (Å²) >= 11 is 0. The molecule has 1 aliphatic heterocycles. The van der Waals surface area contributed by atoms with Crippen molar-refractivity contribution in [3.05, 3.63) is 35.9 Å². The van der Waals surface area contributed by atoms with Crippen LogP contribution in [0.25, 0.3) is 0 Å². The first-order chi connectivity index (χ1) is 5.79. The number of hydrogen-bond donors (Lipinski definition) is 1. The second kappa shape index (κ2) is 2.60. The molecule has 2 rings (SSSR count). The van der Waals surface area contributed by atoms with Gasteiger partial charge in [0.05, 0.1) is 0 Å². The van der Waals surface area contributed by atoms with Crippen molar-refractivity contribution in [3.63, 3.8) is 0 Å². The summed E-state index contributed by atoms with van der Waals surface area (Å²) in [6.45, 7) is 0. The first kappa shape index (κ1) is 7.31. The van der Waals surface area contributed by atoms with Crippen molar-refractivity contribution in [2.75, 3.05) is 0 Å². The lowest BCUT2D eigenvalue weighted by Gasteiger charge is -1.91. The van der Waals surface area contributed by atoms with Gasteiger partial charge in [-0.1, -0.05) is 30.3 Å². The molecule has 0 aromatic heterocycles. The summed E-state index contributed by atoms with van der Waals surface area (Å²) in [7, 11) is 0. The largest absolute Gasteiger partial charge is 0.479 e. The minimum atomic E-state index is -0.885. The summed E-state index contributed by atoms with van der Waals surface area (Å²) in [5.74, 6) is -0.885. The second-order valence-corrected chi connectivity index (χ2v) is 2.73. The quantitative estimate of drug-likeness (QED) is 0.668. The Morgan fingerprint density at radius 3 is 2.50 bits per heavy atom. The van der Waals surface area contributed by atoms with Gasteiger partial charge in [0.1, 0.15) is 6.10 Å². The van der Waals surface area contributed by atoms with Crippen molar-refractivity contribution in [2.24, 2.45) is 0 Å². The molecule has 0 spiro atoms. The molecule has 1 aliphatic rings. The van der Waals surface area contributed by atoms with Gasteiger partial charge in [0.15, 0.2) is 6.10 Å². The Balaban J connectivity index is 2.11. The van der Waals surface area contributed by atoms with Gasteiger partial charge >= 0.3 is 5.97 Å². The number of aliphatic carboxylic acids is 1. The number of epoxide rings is 1. The van der Waals surface area contributed by atoms with E-state index in [0.29, 0.717) is 0 Å². The molecule has 0 aliphatic carbocycles. The molecule has 1 aromatic rings. The van der Waals surface area contributed by atoms with Crippen LogP contribution < -0.4 is 0 Å². The van der Waals surface area contributed by atoms with Crippen LogP contribution in [0, 0.1) is 0 Å². The average Bonchev–Trinajstić information content (AvgIpc) is 2.84. The van der Waals surface area contributed by atoms with Crippen LogP contribution in [-0.2, 0) is 9.53 Å². The summed E-state index contributed by atoms with van der Waals surface area (Å²) in [4.78, 5) is 10.4. The van der Waals surface area contributed by atoms with Gasteiger partial charge in [-0.15, -0.1) is 0 Å². The Morgan fingerprint density at radius 2 is 2.00 bits per heavy atom. The van der Waals surface area contributed by atoms with Crippen molar-refractivity contribution >= 4 is 5.97 Å². The molecule has 1 N–H and O–H groups in total. The van der Waals surface area contributed by atoms with Gasteiger partial charge in [-0.3, -0.25) is 0 Å². The molecule has 62 valence electrons. The lowest BCUT2D eigenvalue weighted by Crippen LogP contribution is -2.04. The van der Waals surface area contributed by atoms with E-state index in [1.807, 2.05) is 30.3 Å². The Bertz CT molecular complexity index is 294. The lowest BCUT2D eigenvalue weighted by atomic mass is 10.1. The Kier molecular flexibility index (Phi) is 1.59. The smallest absolute Gasteiger partial charge is 0.335 e. The Morgan fingerprint density at radius 1 is 1.33 bits per heavy atom. The van der Waals surface area contributed by atoms with E-state index >= 15 is 0 Å². The molecule has 1 fully saturated rings. The SMILES string of the molecule is O=C(O)C1O[C@H]1c1ccccc1. The van der Waals surface area contributed by atoms with E-state index in [4.69, 9.17) is 9.84 Å². The van der Waals surface area contributed by atoms with Gasteiger partial charge in [0.2, 0.25) is 0 Å². The summed E-state index contributed by atoms with van der Waals surface area (Å²) in [6, 6.07) is 9.37. The van der Waals surface area contributed by atoms with Gasteiger partial charge in [0.25, 0.3) is 0 Å². The number of benzene rings is 1. The monoisotopic (exact) mass is 164 g/mol. The third kappa shape index (κ3) is 1.19. The molecule has 3 heteroatoms. The average molecular weight is 164 g/mol. The topological polar surface area (TPSA) is 49.8 Å². The van der Waals surface area contributed by atoms with Gasteiger partial charge in [-0.05, 0) is 5.56 Å². The summed E-state index contributed by atoms with van der Waals surface area (Å²) < 4.78 is 4.96. The molecule has 1 saturated heterocycles. The van der Waals surface area contributed by atoms with Gasteiger partial charge < -0.3 is 9.84 Å². The van der Waals surface area contributed by atoms with Crippen LogP contribution in [0.2, 0.25) is 0 Å². The maximum Gasteiger partial charge on any atom is 0.335 e. The van der Waals surface area contributed by atoms with Crippen LogP contribution >= 0.6 is 0 Å². The molecule has 0 saturated carbocycles. The predicted octanol–water partition coefficient (Wildman–Crippen LogP) is 1.21. The van der Waals surface area contributed by atoms with Gasteiger partial charge in [0, 0.05) is 0 Å². The molecule has 1 unspecified atom stereocenters. The molecule has 2 atom stereocenters. The summed E-state index contributed by atoms with van der Waals surface area (Å²) in [6.07, 6.45) is -0.865. The van der Waals surface area contributed by atoms with Crippen molar-refractivity contribution in [1.82, 2.24) is 0 Å². The van der Waals surface area contributed by atoms with E-state index in [1.54, 1.807) is 0 Å². The molecular formula is C9H8O3. The first-order valence-electron chi connectivity index (χ1n) is 3.72. The van der Waals surface area contributed by atoms with E-state index in [2.05, 4.69) is 0 Å². The van der Waals surface area contributed by atoms with E-state index in [-0.39, 0.29) is 6.10 Å². The normalized spacial score (nSPS) is 26.7. The molecule has 3 nitrogen and oxygen atoms in total. The van der Waals surface area contributed by atoms with Crippen LogP contribution in [0.3, 0.4) is 0 Å². The zero-order valence-electron chi connectivity index (χ0n) is 6.31. The van der Waals surface area contributed by atoms with Crippen molar-refractivity contribution in [1.29, 1.82) is 0 Å². The number of hydrogen-bond acceptors (Lipinski definition) is 2. The number of rotatable bonds is 2. The highest BCUT2D eigenvalue weighted by Gasteiger charge is 2.46. The highest BCUT2D eigenvalue weighted by Crippen LogP contribution is 2.38. The summed E-state index contributed by atoms with van der Waals surface area (Å²) in [5, 5.41) is 8.56. The Hall–Kier alpha value is -1.35. The third-order valence-corrected chi connectivity index (χ3v) is 1.86. The molecular weight excluding hydrogens is 156 g/mol. The van der Waals surface area contributed by atoms with Crippen LogP contribution in [0.1, 0.15) is 11.7 Å². The fourth-order valence-electron chi connectivity index (χ4n) is 1.20. The minimum Gasteiger partial charge on any atom is -0.479 e. The molecule has 0 radical (unpaired) electrons. The minimum absolute atomic E-state index is 0.233. The maximum absolute atomic E-state index is 10.4. The van der Waals surface area contributed by atoms with E-state index in [1.165, 1.54) is 0 Å². The summed E-state index contributed by atoms with van der Waals surface area (Å²) in [5.41, 5.74) is 0.935. The van der Waals surface area contributed by atoms with E-state index in [9.17, 15) is 4.79 Å². The van der Waals surface area contributed by atoms with E-state index < -0.39 is 12.1 Å². The third-order valence-electron chi connectivity index (χ3n) is 1.86. The van der Waals surface area contributed by atoms with Crippen LogP contribution in [0.4, 0.5) is 0 Å². The lowest BCUT2D eigenvalue weighted by molar-refractivity contribution is -0.138. The van der Waals surface area contributed by atoms with Crippen LogP contribution in [0.15, 0.2) is 30.3 Å². The highest BCUT2D eigenvalue weighted by atomic mass is 16.6. The van der Waals surface area contributed by atoms with E-state index in [0.717, 1.165) is 5.56 Å². The van der Waals surface area contributed by atoms with Gasteiger partial charge in [-0.25, -0.2) is 4.79 Å². The number of carboxylic acid groups (broad SMARTS) is 1.